The van der Waals surface area contributed by atoms with Crippen molar-refractivity contribution >= 4 is 40.0 Å². The minimum Gasteiger partial charge on any atom is -0.506 e. The summed E-state index contributed by atoms with van der Waals surface area (Å²) < 4.78 is 0. The Balaban J connectivity index is 2.19. The maximum atomic E-state index is 11.1. The molecule has 3 aromatic carbocycles. The molecule has 114 valence electrons. The topological polar surface area (TPSA) is 82.2 Å². The summed E-state index contributed by atoms with van der Waals surface area (Å²) in [6.45, 7) is 0. The Morgan fingerprint density at radius 1 is 1.00 bits per heavy atom. The summed E-state index contributed by atoms with van der Waals surface area (Å²) >= 11 is 5.86. The Kier molecular flexibility index (Phi) is 3.95. The number of nitrogens with zero attached hydrogens (tertiary/aromatic N) is 2. The van der Waals surface area contributed by atoms with Crippen molar-refractivity contribution in [2.24, 2.45) is 10.2 Å². The molecule has 3 aromatic rings. The lowest BCUT2D eigenvalue weighted by molar-refractivity contribution is 0.112. The highest BCUT2D eigenvalue weighted by atomic mass is 35.5. The van der Waals surface area contributed by atoms with Crippen LogP contribution in [0.2, 0.25) is 5.02 Å². The van der Waals surface area contributed by atoms with Gasteiger partial charge in [-0.3, -0.25) is 4.79 Å². The molecule has 5 nitrogen and oxygen atoms in total. The van der Waals surface area contributed by atoms with Crippen LogP contribution in [0.4, 0.5) is 11.4 Å². The molecule has 0 aliphatic heterocycles. The van der Waals surface area contributed by atoms with E-state index in [2.05, 4.69) is 10.2 Å². The van der Waals surface area contributed by atoms with Gasteiger partial charge in [0.05, 0.1) is 5.56 Å². The summed E-state index contributed by atoms with van der Waals surface area (Å²) in [6, 6.07) is 13.1. The number of fused-ring (bicyclic) bond motifs is 1. The number of hydrogen-bond donors (Lipinski definition) is 2. The zero-order valence-corrected chi connectivity index (χ0v) is 12.5. The van der Waals surface area contributed by atoms with Crippen molar-refractivity contribution in [3.63, 3.8) is 0 Å². The van der Waals surface area contributed by atoms with E-state index in [0.717, 1.165) is 5.39 Å². The molecule has 0 fully saturated rings. The Hall–Kier alpha value is -2.92. The number of benzene rings is 3. The Labute approximate surface area is 136 Å². The molecule has 0 aliphatic carbocycles. The zero-order valence-electron chi connectivity index (χ0n) is 11.8. The first kappa shape index (κ1) is 15.0. The summed E-state index contributed by atoms with van der Waals surface area (Å²) in [7, 11) is 0. The standard InChI is InChI=1S/C17H11ClN2O3/c18-12-5-6-15(22)14(8-12)19-20-16-13-4-2-1-3-10(13)7-11(9-21)17(16)23/h1-9,22-23H. The van der Waals surface area contributed by atoms with Crippen LogP contribution in [0, 0.1) is 0 Å². The molecule has 0 aromatic heterocycles. The molecule has 0 aliphatic rings. The number of aldehydes is 1. The lowest BCUT2D eigenvalue weighted by Gasteiger charge is -2.06. The molecule has 23 heavy (non-hydrogen) atoms. The lowest BCUT2D eigenvalue weighted by Crippen LogP contribution is -1.84. The van der Waals surface area contributed by atoms with Crippen LogP contribution >= 0.6 is 11.6 Å². The van der Waals surface area contributed by atoms with E-state index in [1.165, 1.54) is 18.2 Å². The molecule has 0 amide bonds. The number of hydrogen-bond acceptors (Lipinski definition) is 5. The van der Waals surface area contributed by atoms with Crippen LogP contribution in [0.5, 0.6) is 11.5 Å². The van der Waals surface area contributed by atoms with Gasteiger partial charge in [-0.1, -0.05) is 35.9 Å². The molecule has 0 saturated heterocycles. The van der Waals surface area contributed by atoms with Crippen molar-refractivity contribution in [1.29, 1.82) is 0 Å². The first-order chi connectivity index (χ1) is 11.1. The predicted molar refractivity (Wildman–Crippen MR) is 88.3 cm³/mol. The number of azo groups is 1. The van der Waals surface area contributed by atoms with Crippen LogP contribution in [-0.4, -0.2) is 16.5 Å². The Bertz CT molecular complexity index is 939. The number of phenols is 2. The van der Waals surface area contributed by atoms with Crippen molar-refractivity contribution in [1.82, 2.24) is 0 Å². The molecule has 2 N–H and O–H groups in total. The molecular formula is C17H11ClN2O3. The fourth-order valence-electron chi connectivity index (χ4n) is 2.21. The SMILES string of the molecule is O=Cc1cc2ccccc2c(N=Nc2cc(Cl)ccc2O)c1O. The fraction of sp³-hybridized carbons (Fsp3) is 0. The van der Waals surface area contributed by atoms with Crippen LogP contribution in [0.3, 0.4) is 0 Å². The van der Waals surface area contributed by atoms with Gasteiger partial charge in [0.15, 0.2) is 12.0 Å². The minimum absolute atomic E-state index is 0.0894. The van der Waals surface area contributed by atoms with E-state index in [4.69, 9.17) is 11.6 Å². The van der Waals surface area contributed by atoms with Crippen LogP contribution in [0.15, 0.2) is 58.8 Å². The van der Waals surface area contributed by atoms with E-state index in [0.29, 0.717) is 16.7 Å². The van der Waals surface area contributed by atoms with Gasteiger partial charge in [0.1, 0.15) is 17.1 Å². The monoisotopic (exact) mass is 326 g/mol. The van der Waals surface area contributed by atoms with Gasteiger partial charge in [-0.05, 0) is 29.7 Å². The number of halogens is 1. The van der Waals surface area contributed by atoms with E-state index in [9.17, 15) is 15.0 Å². The van der Waals surface area contributed by atoms with Crippen molar-refractivity contribution in [3.8, 4) is 11.5 Å². The van der Waals surface area contributed by atoms with E-state index >= 15 is 0 Å². The summed E-state index contributed by atoms with van der Waals surface area (Å²) in [4.78, 5) is 11.1. The van der Waals surface area contributed by atoms with Crippen molar-refractivity contribution in [2.75, 3.05) is 0 Å². The third-order valence-corrected chi connectivity index (χ3v) is 3.58. The van der Waals surface area contributed by atoms with E-state index in [1.54, 1.807) is 24.3 Å². The van der Waals surface area contributed by atoms with Crippen LogP contribution in [0.1, 0.15) is 10.4 Å². The molecular weight excluding hydrogens is 316 g/mol. The quantitative estimate of drug-likeness (QED) is 0.517. The second-order valence-corrected chi connectivity index (χ2v) is 5.27. The molecule has 0 radical (unpaired) electrons. The van der Waals surface area contributed by atoms with Crippen molar-refractivity contribution in [2.45, 2.75) is 0 Å². The van der Waals surface area contributed by atoms with Gasteiger partial charge in [-0.15, -0.1) is 10.2 Å². The average Bonchev–Trinajstić information content (AvgIpc) is 2.56. The van der Waals surface area contributed by atoms with Gasteiger partial charge < -0.3 is 10.2 Å². The number of aromatic hydroxyl groups is 2. The third-order valence-electron chi connectivity index (χ3n) is 3.35. The summed E-state index contributed by atoms with van der Waals surface area (Å²) in [5.74, 6) is -0.350. The van der Waals surface area contributed by atoms with Crippen LogP contribution in [-0.2, 0) is 0 Å². The molecule has 0 spiro atoms. The average molecular weight is 327 g/mol. The minimum atomic E-state index is -0.260. The van der Waals surface area contributed by atoms with Crippen molar-refractivity contribution < 1.29 is 15.0 Å². The lowest BCUT2D eigenvalue weighted by atomic mass is 10.0. The van der Waals surface area contributed by atoms with Gasteiger partial charge in [-0.25, -0.2) is 0 Å². The van der Waals surface area contributed by atoms with E-state index in [-0.39, 0.29) is 28.4 Å². The molecule has 0 bridgehead atoms. The largest absolute Gasteiger partial charge is 0.506 e. The van der Waals surface area contributed by atoms with Gasteiger partial charge in [0.25, 0.3) is 0 Å². The number of carbonyl (C=O) groups excluding carboxylic acids is 1. The maximum absolute atomic E-state index is 11.1. The third kappa shape index (κ3) is 2.86. The fourth-order valence-corrected chi connectivity index (χ4v) is 2.38. The highest BCUT2D eigenvalue weighted by Gasteiger charge is 2.12. The molecule has 0 atom stereocenters. The van der Waals surface area contributed by atoms with Gasteiger partial charge >= 0.3 is 0 Å². The predicted octanol–water partition coefficient (Wildman–Crippen LogP) is 5.13. The first-order valence-electron chi connectivity index (χ1n) is 6.70. The highest BCUT2D eigenvalue weighted by Crippen LogP contribution is 2.39. The molecule has 0 unspecified atom stereocenters. The van der Waals surface area contributed by atoms with Crippen molar-refractivity contribution in [3.05, 3.63) is 59.1 Å². The van der Waals surface area contributed by atoms with Crippen LogP contribution < -0.4 is 0 Å². The van der Waals surface area contributed by atoms with Gasteiger partial charge in [0, 0.05) is 10.4 Å². The zero-order chi connectivity index (χ0) is 16.4. The summed E-state index contributed by atoms with van der Waals surface area (Å²) in [5.41, 5.74) is 0.440. The number of carbonyl (C=O) groups is 1. The second-order valence-electron chi connectivity index (χ2n) is 4.84. The second kappa shape index (κ2) is 6.06. The number of rotatable bonds is 3. The smallest absolute Gasteiger partial charge is 0.154 e. The molecule has 0 saturated carbocycles. The number of phenolic OH excluding ortho intramolecular Hbond substituents is 2. The Morgan fingerprint density at radius 3 is 2.57 bits per heavy atom. The van der Waals surface area contributed by atoms with E-state index < -0.39 is 0 Å². The van der Waals surface area contributed by atoms with Gasteiger partial charge in [0.2, 0.25) is 0 Å². The van der Waals surface area contributed by atoms with Gasteiger partial charge in [-0.2, -0.15) is 0 Å². The summed E-state index contributed by atoms with van der Waals surface area (Å²) in [5, 5.41) is 29.7. The maximum Gasteiger partial charge on any atom is 0.154 e. The van der Waals surface area contributed by atoms with E-state index in [1.807, 2.05) is 6.07 Å². The molecule has 0 heterocycles. The molecule has 6 heteroatoms. The molecule has 3 rings (SSSR count). The van der Waals surface area contributed by atoms with Crippen LogP contribution in [0.25, 0.3) is 10.8 Å². The summed E-state index contributed by atoms with van der Waals surface area (Å²) in [6.07, 6.45) is 0.553. The normalized spacial score (nSPS) is 11.2. The first-order valence-corrected chi connectivity index (χ1v) is 7.08. The highest BCUT2D eigenvalue weighted by molar-refractivity contribution is 6.30. The Morgan fingerprint density at radius 2 is 1.78 bits per heavy atom.